The third kappa shape index (κ3) is 4.56. The van der Waals surface area contributed by atoms with Crippen LogP contribution in [0.5, 0.6) is 0 Å². The van der Waals surface area contributed by atoms with Crippen molar-refractivity contribution in [2.45, 2.75) is 26.3 Å². The summed E-state index contributed by atoms with van der Waals surface area (Å²) in [5.74, 6) is 0. The molecular weight excluding hydrogens is 216 g/mol. The summed E-state index contributed by atoms with van der Waals surface area (Å²) in [5.41, 5.74) is 0.790. The van der Waals surface area contributed by atoms with Crippen molar-refractivity contribution < 1.29 is 0 Å². The molecule has 96 valence electrons. The van der Waals surface area contributed by atoms with Crippen LogP contribution in [0.4, 0.5) is 5.69 Å². The van der Waals surface area contributed by atoms with Crippen LogP contribution in [0.25, 0.3) is 0 Å². The van der Waals surface area contributed by atoms with Crippen molar-refractivity contribution in [3.63, 3.8) is 0 Å². The minimum absolute atomic E-state index is 0.0477. The van der Waals surface area contributed by atoms with Crippen molar-refractivity contribution in [2.24, 2.45) is 0 Å². The number of anilines is 1. The molecule has 0 spiro atoms. The van der Waals surface area contributed by atoms with Crippen molar-refractivity contribution in [3.8, 4) is 0 Å². The van der Waals surface area contributed by atoms with Crippen molar-refractivity contribution in [3.05, 3.63) is 22.6 Å². The molecule has 0 fully saturated rings. The lowest BCUT2D eigenvalue weighted by atomic mass is 10.3. The van der Waals surface area contributed by atoms with E-state index in [1.54, 1.807) is 12.3 Å². The second kappa shape index (κ2) is 7.06. The lowest BCUT2D eigenvalue weighted by Gasteiger charge is -2.12. The smallest absolute Gasteiger partial charge is 0.268 e. The van der Waals surface area contributed by atoms with Gasteiger partial charge in [0.2, 0.25) is 0 Å². The third-order valence-electron chi connectivity index (χ3n) is 2.58. The topological polar surface area (TPSA) is 50.2 Å². The fourth-order valence-electron chi connectivity index (χ4n) is 1.45. The SMILES string of the molecule is CCCCNCCn1ncc(N(C)C)cc1=O. The van der Waals surface area contributed by atoms with Crippen LogP contribution in [0.1, 0.15) is 19.8 Å². The Balaban J connectivity index is 2.47. The summed E-state index contributed by atoms with van der Waals surface area (Å²) in [5, 5.41) is 7.43. The van der Waals surface area contributed by atoms with Crippen LogP contribution in [0.2, 0.25) is 0 Å². The maximum Gasteiger partial charge on any atom is 0.268 e. The van der Waals surface area contributed by atoms with Crippen molar-refractivity contribution in [1.82, 2.24) is 15.1 Å². The molecule has 1 N–H and O–H groups in total. The molecule has 0 saturated carbocycles. The Morgan fingerprint density at radius 1 is 1.41 bits per heavy atom. The summed E-state index contributed by atoms with van der Waals surface area (Å²) in [7, 11) is 3.79. The van der Waals surface area contributed by atoms with Gasteiger partial charge >= 0.3 is 0 Å². The first-order valence-electron chi connectivity index (χ1n) is 6.10. The molecule has 0 aliphatic heterocycles. The molecule has 0 bridgehead atoms. The van der Waals surface area contributed by atoms with Crippen LogP contribution in [-0.2, 0) is 6.54 Å². The van der Waals surface area contributed by atoms with Crippen LogP contribution in [0.3, 0.4) is 0 Å². The monoisotopic (exact) mass is 238 g/mol. The molecule has 0 unspecified atom stereocenters. The van der Waals surface area contributed by atoms with E-state index in [1.807, 2.05) is 19.0 Å². The van der Waals surface area contributed by atoms with Crippen molar-refractivity contribution in [1.29, 1.82) is 0 Å². The fraction of sp³-hybridized carbons (Fsp3) is 0.667. The zero-order valence-corrected chi connectivity index (χ0v) is 10.9. The largest absolute Gasteiger partial charge is 0.376 e. The predicted molar refractivity (Wildman–Crippen MR) is 70.6 cm³/mol. The van der Waals surface area contributed by atoms with E-state index < -0.39 is 0 Å². The van der Waals surface area contributed by atoms with Gasteiger partial charge < -0.3 is 10.2 Å². The summed E-state index contributed by atoms with van der Waals surface area (Å²) >= 11 is 0. The molecule has 5 nitrogen and oxygen atoms in total. The molecule has 1 aromatic heterocycles. The second-order valence-electron chi connectivity index (χ2n) is 4.27. The number of unbranched alkanes of at least 4 members (excludes halogenated alkanes) is 1. The van der Waals surface area contributed by atoms with Crippen LogP contribution in [0.15, 0.2) is 17.1 Å². The van der Waals surface area contributed by atoms with Gasteiger partial charge in [0.25, 0.3) is 5.56 Å². The quantitative estimate of drug-likeness (QED) is 0.710. The summed E-state index contributed by atoms with van der Waals surface area (Å²) < 4.78 is 1.49. The average molecular weight is 238 g/mol. The summed E-state index contributed by atoms with van der Waals surface area (Å²) in [6.07, 6.45) is 4.07. The Hall–Kier alpha value is -1.36. The Morgan fingerprint density at radius 2 is 2.18 bits per heavy atom. The van der Waals surface area contributed by atoms with Crippen LogP contribution in [0, 0.1) is 0 Å². The van der Waals surface area contributed by atoms with Crippen molar-refractivity contribution in [2.75, 3.05) is 32.1 Å². The van der Waals surface area contributed by atoms with E-state index >= 15 is 0 Å². The van der Waals surface area contributed by atoms with Gasteiger partial charge in [0.05, 0.1) is 18.4 Å². The van der Waals surface area contributed by atoms with Gasteiger partial charge in [0.15, 0.2) is 0 Å². The second-order valence-corrected chi connectivity index (χ2v) is 4.27. The first-order valence-corrected chi connectivity index (χ1v) is 6.10. The first-order chi connectivity index (χ1) is 8.15. The van der Waals surface area contributed by atoms with E-state index in [4.69, 9.17) is 0 Å². The van der Waals surface area contributed by atoms with Crippen LogP contribution >= 0.6 is 0 Å². The number of rotatable bonds is 7. The van der Waals surface area contributed by atoms with Gasteiger partial charge in [-0.25, -0.2) is 4.68 Å². The van der Waals surface area contributed by atoms with E-state index in [1.165, 1.54) is 17.5 Å². The van der Waals surface area contributed by atoms with Gasteiger partial charge in [0.1, 0.15) is 0 Å². The molecule has 0 aromatic carbocycles. The minimum atomic E-state index is -0.0477. The Labute approximate surface area is 102 Å². The van der Waals surface area contributed by atoms with Gasteiger partial charge in [-0.05, 0) is 13.0 Å². The maximum atomic E-state index is 11.7. The van der Waals surface area contributed by atoms with E-state index in [0.29, 0.717) is 6.54 Å². The number of nitrogens with one attached hydrogen (secondary N) is 1. The minimum Gasteiger partial charge on any atom is -0.376 e. The van der Waals surface area contributed by atoms with Crippen LogP contribution in [-0.4, -0.2) is 37.0 Å². The third-order valence-corrected chi connectivity index (χ3v) is 2.58. The Kier molecular flexibility index (Phi) is 5.69. The fourth-order valence-corrected chi connectivity index (χ4v) is 1.45. The number of aromatic nitrogens is 2. The highest BCUT2D eigenvalue weighted by molar-refractivity contribution is 5.40. The van der Waals surface area contributed by atoms with Gasteiger partial charge in [-0.15, -0.1) is 0 Å². The highest BCUT2D eigenvalue weighted by Crippen LogP contribution is 2.02. The highest BCUT2D eigenvalue weighted by Gasteiger charge is 2.00. The normalized spacial score (nSPS) is 10.5. The molecule has 0 radical (unpaired) electrons. The molecule has 0 aliphatic carbocycles. The van der Waals surface area contributed by atoms with Gasteiger partial charge in [-0.2, -0.15) is 5.10 Å². The van der Waals surface area contributed by atoms with Crippen LogP contribution < -0.4 is 15.8 Å². The number of nitrogens with zero attached hydrogens (tertiary/aromatic N) is 3. The highest BCUT2D eigenvalue weighted by atomic mass is 16.1. The van der Waals surface area contributed by atoms with E-state index in [2.05, 4.69) is 17.3 Å². The summed E-state index contributed by atoms with van der Waals surface area (Å²) in [4.78, 5) is 13.6. The lowest BCUT2D eigenvalue weighted by Crippen LogP contribution is -2.29. The molecule has 0 atom stereocenters. The Morgan fingerprint density at radius 3 is 2.76 bits per heavy atom. The molecule has 17 heavy (non-hydrogen) atoms. The zero-order valence-electron chi connectivity index (χ0n) is 10.9. The first kappa shape index (κ1) is 13.7. The molecule has 0 saturated heterocycles. The molecule has 1 heterocycles. The standard InChI is InChI=1S/C12H22N4O/c1-4-5-6-13-7-8-16-12(17)9-11(10-14-16)15(2)3/h9-10,13H,4-8H2,1-3H3. The van der Waals surface area contributed by atoms with E-state index in [-0.39, 0.29) is 5.56 Å². The van der Waals surface area contributed by atoms with E-state index in [0.717, 1.165) is 18.8 Å². The van der Waals surface area contributed by atoms with Gasteiger partial charge in [-0.3, -0.25) is 4.79 Å². The average Bonchev–Trinajstić information content (AvgIpc) is 2.30. The molecule has 0 aliphatic rings. The van der Waals surface area contributed by atoms with Gasteiger partial charge in [0, 0.05) is 26.7 Å². The molecular formula is C12H22N4O. The molecule has 1 rings (SSSR count). The summed E-state index contributed by atoms with van der Waals surface area (Å²) in [6, 6.07) is 1.61. The lowest BCUT2D eigenvalue weighted by molar-refractivity contribution is 0.525. The van der Waals surface area contributed by atoms with Gasteiger partial charge in [-0.1, -0.05) is 13.3 Å². The molecule has 1 aromatic rings. The predicted octanol–water partition coefficient (Wildman–Crippen LogP) is 0.699. The Bertz CT molecular complexity index is 386. The molecule has 0 amide bonds. The maximum absolute atomic E-state index is 11.7. The number of hydrogen-bond acceptors (Lipinski definition) is 4. The van der Waals surface area contributed by atoms with E-state index in [9.17, 15) is 4.79 Å². The van der Waals surface area contributed by atoms with Crippen molar-refractivity contribution >= 4 is 5.69 Å². The summed E-state index contributed by atoms with van der Waals surface area (Å²) in [6.45, 7) is 4.57. The number of hydrogen-bond donors (Lipinski definition) is 1. The zero-order chi connectivity index (χ0) is 12.7. The molecule has 5 heteroatoms.